The van der Waals surface area contributed by atoms with Crippen LogP contribution < -0.4 is 5.32 Å². The zero-order valence-electron chi connectivity index (χ0n) is 22.9. The number of benzene rings is 4. The lowest BCUT2D eigenvalue weighted by molar-refractivity contribution is -0.00193. The second kappa shape index (κ2) is 10.2. The fourth-order valence-electron chi connectivity index (χ4n) is 6.02. The van der Waals surface area contributed by atoms with Crippen LogP contribution in [-0.4, -0.2) is 26.6 Å². The molecule has 40 heavy (non-hydrogen) atoms. The Morgan fingerprint density at radius 1 is 0.875 bits per heavy atom. The monoisotopic (exact) mass is 537 g/mol. The first-order chi connectivity index (χ1) is 19.2. The summed E-state index contributed by atoms with van der Waals surface area (Å²) in [5, 5.41) is 16.0. The molecule has 4 aromatic carbocycles. The molecule has 1 aliphatic rings. The maximum atomic E-state index is 16.9. The average Bonchev–Trinajstić information content (AvgIpc) is 3.32. The fourth-order valence-corrected chi connectivity index (χ4v) is 6.02. The lowest BCUT2D eigenvalue weighted by atomic mass is 9.79. The predicted octanol–water partition coefficient (Wildman–Crippen LogP) is 7.73. The van der Waals surface area contributed by atoms with Crippen LogP contribution in [0.3, 0.4) is 0 Å². The van der Waals surface area contributed by atoms with E-state index in [1.165, 1.54) is 6.07 Å². The Morgan fingerprint density at radius 3 is 2.12 bits per heavy atom. The highest BCUT2D eigenvalue weighted by Gasteiger charge is 2.46. The van der Waals surface area contributed by atoms with E-state index in [-0.39, 0.29) is 11.1 Å². The van der Waals surface area contributed by atoms with Crippen molar-refractivity contribution in [2.24, 2.45) is 0 Å². The molecule has 2 atom stereocenters. The van der Waals surface area contributed by atoms with Crippen LogP contribution in [0.1, 0.15) is 42.1 Å². The number of H-pyrrole nitrogens is 1. The molecule has 0 saturated carbocycles. The van der Waals surface area contributed by atoms with E-state index in [0.29, 0.717) is 29.9 Å². The van der Waals surface area contributed by atoms with Gasteiger partial charge in [-0.1, -0.05) is 78.9 Å². The number of hydrogen-bond acceptors (Lipinski definition) is 3. The van der Waals surface area contributed by atoms with Crippen LogP contribution in [0.5, 0.6) is 0 Å². The molecule has 0 aliphatic carbocycles. The number of aryl methyl sites for hydroxylation is 1. The van der Waals surface area contributed by atoms with Crippen LogP contribution in [0, 0.1) is 18.6 Å². The predicted molar refractivity (Wildman–Crippen MR) is 157 cm³/mol. The Hall–Kier alpha value is -4.00. The normalized spacial score (nSPS) is 18.1. The van der Waals surface area contributed by atoms with Gasteiger partial charge in [0.1, 0.15) is 11.6 Å². The second-order valence-electron chi connectivity index (χ2n) is 11.3. The number of rotatable bonds is 6. The molecule has 0 spiro atoms. The van der Waals surface area contributed by atoms with Crippen molar-refractivity contribution in [2.45, 2.75) is 51.5 Å². The Labute approximate surface area is 233 Å². The van der Waals surface area contributed by atoms with Crippen molar-refractivity contribution in [2.75, 3.05) is 5.32 Å². The van der Waals surface area contributed by atoms with Gasteiger partial charge in [-0.15, -0.1) is 0 Å². The molecule has 1 aromatic heterocycles. The molecule has 1 aliphatic heterocycles. The third-order valence-electron chi connectivity index (χ3n) is 8.09. The van der Waals surface area contributed by atoms with Crippen molar-refractivity contribution in [3.8, 4) is 11.1 Å². The second-order valence-corrected chi connectivity index (χ2v) is 11.3. The molecule has 0 bridgehead atoms. The summed E-state index contributed by atoms with van der Waals surface area (Å²) in [6.45, 7) is 6.65. The lowest BCUT2D eigenvalue weighted by Gasteiger charge is -2.48. The number of aromatic nitrogens is 1. The van der Waals surface area contributed by atoms with E-state index >= 15 is 8.78 Å². The number of para-hydroxylation sites is 1. The number of nitrogens with one attached hydrogen (secondary N) is 2. The molecule has 204 valence electrons. The van der Waals surface area contributed by atoms with Gasteiger partial charge in [-0.2, -0.15) is 0 Å². The first-order valence-corrected chi connectivity index (χ1v) is 13.6. The first kappa shape index (κ1) is 26.2. The highest BCUT2D eigenvalue weighted by molar-refractivity contribution is 5.96. The number of aliphatic hydroxyl groups is 1. The largest absolute Gasteiger partial charge is 0.389 e. The van der Waals surface area contributed by atoms with Gasteiger partial charge in [0.15, 0.2) is 0 Å². The smallest absolute Gasteiger partial charge is 0.141 e. The minimum atomic E-state index is -0.983. The average molecular weight is 538 g/mol. The maximum Gasteiger partial charge on any atom is 0.141 e. The van der Waals surface area contributed by atoms with Gasteiger partial charge in [0.2, 0.25) is 0 Å². The van der Waals surface area contributed by atoms with E-state index in [1.54, 1.807) is 6.07 Å². The molecule has 3 N–H and O–H groups in total. The Bertz CT molecular complexity index is 1620. The summed E-state index contributed by atoms with van der Waals surface area (Å²) in [4.78, 5) is 5.30. The van der Waals surface area contributed by atoms with Gasteiger partial charge in [-0.25, -0.2) is 8.78 Å². The van der Waals surface area contributed by atoms with Gasteiger partial charge in [-0.05, 0) is 43.5 Å². The lowest BCUT2D eigenvalue weighted by Crippen LogP contribution is -2.55. The quantitative estimate of drug-likeness (QED) is 0.208. The number of halogens is 2. The Balaban J connectivity index is 1.56. The summed E-state index contributed by atoms with van der Waals surface area (Å²) in [7, 11) is 0. The van der Waals surface area contributed by atoms with E-state index in [4.69, 9.17) is 0 Å². The minimum Gasteiger partial charge on any atom is -0.389 e. The van der Waals surface area contributed by atoms with E-state index < -0.39 is 29.3 Å². The number of anilines is 1. The zero-order valence-corrected chi connectivity index (χ0v) is 22.9. The molecule has 2 heterocycles. The third kappa shape index (κ3) is 4.57. The minimum absolute atomic E-state index is 0.0933. The summed E-state index contributed by atoms with van der Waals surface area (Å²) in [5.41, 5.74) is 3.93. The highest BCUT2D eigenvalue weighted by Crippen LogP contribution is 2.47. The van der Waals surface area contributed by atoms with Gasteiger partial charge < -0.3 is 15.4 Å². The van der Waals surface area contributed by atoms with E-state index in [2.05, 4.69) is 15.2 Å². The number of fused-ring (bicyclic) bond motifs is 2. The van der Waals surface area contributed by atoms with Crippen LogP contribution >= 0.6 is 0 Å². The Kier molecular flexibility index (Phi) is 6.69. The highest BCUT2D eigenvalue weighted by atomic mass is 19.1. The van der Waals surface area contributed by atoms with Crippen molar-refractivity contribution in [3.63, 3.8) is 0 Å². The van der Waals surface area contributed by atoms with Gasteiger partial charge in [-0.3, -0.25) is 4.90 Å². The van der Waals surface area contributed by atoms with Crippen LogP contribution in [-0.2, 0) is 13.1 Å². The molecule has 0 fully saturated rings. The van der Waals surface area contributed by atoms with Crippen LogP contribution in [0.25, 0.3) is 22.0 Å². The molecule has 6 rings (SSSR count). The van der Waals surface area contributed by atoms with Crippen molar-refractivity contribution in [3.05, 3.63) is 125 Å². The Morgan fingerprint density at radius 2 is 1.50 bits per heavy atom. The van der Waals surface area contributed by atoms with Crippen molar-refractivity contribution < 1.29 is 13.9 Å². The van der Waals surface area contributed by atoms with Gasteiger partial charge >= 0.3 is 0 Å². The molecule has 6 heteroatoms. The van der Waals surface area contributed by atoms with Crippen LogP contribution in [0.2, 0.25) is 0 Å². The molecule has 0 radical (unpaired) electrons. The SMILES string of the molecule is Cc1c[nH]c2c(-c3c(F)cc4c(c3F)[C@H](N(Cc3ccccc3)Cc3ccccc3)[C@@H](O)C(C)(C)N4)cccc12. The number of hydrogen-bond donors (Lipinski definition) is 3. The standard InChI is InChI=1S/C34H33F2N3O/c1-21-18-37-31-24(21)15-10-16-25(31)28-26(35)17-27-29(30(28)36)32(33(40)34(2,3)38-27)39(19-22-11-6-4-7-12-22)20-23-13-8-5-9-14-23/h4-18,32-33,37-38,40H,19-20H2,1-3H3/t32-,33+/m0/s1. The summed E-state index contributed by atoms with van der Waals surface area (Å²) in [5.74, 6) is -1.31. The fraction of sp³-hybridized carbons (Fsp3) is 0.235. The summed E-state index contributed by atoms with van der Waals surface area (Å²) < 4.78 is 32.8. The number of aliphatic hydroxyl groups excluding tert-OH is 1. The molecule has 4 nitrogen and oxygen atoms in total. The summed E-state index contributed by atoms with van der Waals surface area (Å²) >= 11 is 0. The summed E-state index contributed by atoms with van der Waals surface area (Å²) in [6.07, 6.45) is 0.865. The topological polar surface area (TPSA) is 51.3 Å². The van der Waals surface area contributed by atoms with Gasteiger partial charge in [0.25, 0.3) is 0 Å². The maximum absolute atomic E-state index is 16.9. The van der Waals surface area contributed by atoms with Crippen molar-refractivity contribution >= 4 is 16.6 Å². The van der Waals surface area contributed by atoms with Crippen molar-refractivity contribution in [1.29, 1.82) is 0 Å². The first-order valence-electron chi connectivity index (χ1n) is 13.6. The van der Waals surface area contributed by atoms with Gasteiger partial charge in [0.05, 0.1) is 28.8 Å². The van der Waals surface area contributed by atoms with E-state index in [0.717, 1.165) is 22.1 Å². The molecule has 0 saturated heterocycles. The molecule has 0 amide bonds. The molecule has 5 aromatic rings. The number of nitrogens with zero attached hydrogens (tertiary/aromatic N) is 1. The van der Waals surface area contributed by atoms with Crippen LogP contribution in [0.15, 0.2) is 91.1 Å². The molecular formula is C34H33F2N3O. The van der Waals surface area contributed by atoms with Gasteiger partial charge in [0, 0.05) is 41.5 Å². The van der Waals surface area contributed by atoms with E-state index in [1.807, 2.05) is 99.8 Å². The zero-order chi connectivity index (χ0) is 28.0. The molecule has 0 unspecified atom stereocenters. The summed E-state index contributed by atoms with van der Waals surface area (Å²) in [6, 6.07) is 26.1. The third-order valence-corrected chi connectivity index (χ3v) is 8.09. The van der Waals surface area contributed by atoms with Crippen molar-refractivity contribution in [1.82, 2.24) is 9.88 Å². The molecular weight excluding hydrogens is 504 g/mol. The number of aromatic amines is 1. The van der Waals surface area contributed by atoms with Crippen LogP contribution in [0.4, 0.5) is 14.5 Å². The van der Waals surface area contributed by atoms with E-state index in [9.17, 15) is 5.11 Å².